The molecule has 1 fully saturated rings. The molecule has 1 atom stereocenters. The summed E-state index contributed by atoms with van der Waals surface area (Å²) in [6.45, 7) is 2.56. The second-order valence-corrected chi connectivity index (χ2v) is 5.15. The molecule has 1 aromatic rings. The smallest absolute Gasteiger partial charge is 0.328 e. The van der Waals surface area contributed by atoms with Gasteiger partial charge >= 0.3 is 5.97 Å². The molecule has 1 aliphatic heterocycles. The van der Waals surface area contributed by atoms with Gasteiger partial charge in [0.15, 0.2) is 6.04 Å². The zero-order valence-electron chi connectivity index (χ0n) is 10.4. The van der Waals surface area contributed by atoms with Crippen LogP contribution in [0.15, 0.2) is 11.5 Å². The highest BCUT2D eigenvalue weighted by atomic mass is 32.1. The first kappa shape index (κ1) is 13.7. The Bertz CT molecular complexity index is 512. The van der Waals surface area contributed by atoms with Crippen LogP contribution in [0.1, 0.15) is 10.7 Å². The molecule has 1 unspecified atom stereocenters. The summed E-state index contributed by atoms with van der Waals surface area (Å²) in [5.41, 5.74) is 0.705. The molecule has 0 bridgehead atoms. The average molecular weight is 282 g/mol. The topological polar surface area (TPSA) is 79.7 Å². The van der Waals surface area contributed by atoms with Crippen molar-refractivity contribution >= 4 is 29.3 Å². The lowest BCUT2D eigenvalue weighted by Crippen LogP contribution is -2.52. The van der Waals surface area contributed by atoms with E-state index in [1.165, 1.54) is 22.3 Å². The minimum Gasteiger partial charge on any atom is -0.480 e. The van der Waals surface area contributed by atoms with Gasteiger partial charge < -0.3 is 14.7 Å². The van der Waals surface area contributed by atoms with E-state index in [9.17, 15) is 9.59 Å². The van der Waals surface area contributed by atoms with E-state index in [4.69, 9.17) is 9.84 Å². The molecule has 0 aromatic carbocycles. The maximum atomic E-state index is 12.0. The largest absolute Gasteiger partial charge is 0.480 e. The van der Waals surface area contributed by atoms with Crippen LogP contribution in [0.3, 0.4) is 0 Å². The number of aromatic nitrogens is 1. The van der Waals surface area contributed by atoms with Crippen LogP contribution in [0.4, 0.5) is 0 Å². The van der Waals surface area contributed by atoms with Gasteiger partial charge in [-0.15, -0.1) is 11.3 Å². The molecule has 1 amide bonds. The van der Waals surface area contributed by atoms with E-state index in [1.54, 1.807) is 6.08 Å². The number of morpholine rings is 1. The lowest BCUT2D eigenvalue weighted by atomic mass is 10.2. The first-order valence-corrected chi connectivity index (χ1v) is 6.67. The van der Waals surface area contributed by atoms with Gasteiger partial charge in [-0.25, -0.2) is 9.78 Å². The number of amides is 1. The molecule has 6 nitrogen and oxygen atoms in total. The number of nitrogens with zero attached hydrogens (tertiary/aromatic N) is 2. The number of carboxylic acids is 1. The van der Waals surface area contributed by atoms with Crippen molar-refractivity contribution in [2.24, 2.45) is 0 Å². The third kappa shape index (κ3) is 3.39. The van der Waals surface area contributed by atoms with Crippen LogP contribution >= 0.6 is 11.3 Å². The van der Waals surface area contributed by atoms with Crippen molar-refractivity contribution in [2.75, 3.05) is 19.8 Å². The Hall–Kier alpha value is -1.73. The number of aryl methyl sites for hydroxylation is 1. The van der Waals surface area contributed by atoms with E-state index in [-0.39, 0.29) is 19.1 Å². The summed E-state index contributed by atoms with van der Waals surface area (Å²) in [4.78, 5) is 28.5. The van der Waals surface area contributed by atoms with E-state index in [0.29, 0.717) is 12.3 Å². The Morgan fingerprint density at radius 2 is 2.42 bits per heavy atom. The summed E-state index contributed by atoms with van der Waals surface area (Å²) in [7, 11) is 0. The molecule has 7 heteroatoms. The number of carbonyl (C=O) groups is 2. The SMILES string of the molecule is Cc1nc(C=CC(=O)N2CCOCC2C(=O)O)cs1. The molecule has 0 aliphatic carbocycles. The Morgan fingerprint density at radius 3 is 3.05 bits per heavy atom. The highest BCUT2D eigenvalue weighted by Gasteiger charge is 2.31. The van der Waals surface area contributed by atoms with Gasteiger partial charge in [0.05, 0.1) is 23.9 Å². The number of carbonyl (C=O) groups excluding carboxylic acids is 1. The van der Waals surface area contributed by atoms with Gasteiger partial charge in [-0.05, 0) is 13.0 Å². The molecule has 1 aliphatic rings. The summed E-state index contributed by atoms with van der Waals surface area (Å²) in [6, 6.07) is -0.914. The van der Waals surface area contributed by atoms with Crippen molar-refractivity contribution in [3.63, 3.8) is 0 Å². The number of aliphatic carboxylic acids is 1. The first-order chi connectivity index (χ1) is 9.08. The molecule has 102 valence electrons. The molecule has 2 rings (SSSR count). The Labute approximate surface area is 114 Å². The van der Waals surface area contributed by atoms with Crippen LogP contribution in [-0.4, -0.2) is 52.7 Å². The Morgan fingerprint density at radius 1 is 1.63 bits per heavy atom. The van der Waals surface area contributed by atoms with Crippen LogP contribution in [0, 0.1) is 6.92 Å². The minimum atomic E-state index is -1.05. The van der Waals surface area contributed by atoms with Gasteiger partial charge in [0, 0.05) is 18.0 Å². The van der Waals surface area contributed by atoms with Crippen molar-refractivity contribution < 1.29 is 19.4 Å². The summed E-state index contributed by atoms with van der Waals surface area (Å²) in [6.07, 6.45) is 2.95. The Kier molecular flexibility index (Phi) is 4.28. The van der Waals surface area contributed by atoms with Crippen molar-refractivity contribution in [3.8, 4) is 0 Å². The number of hydrogen-bond acceptors (Lipinski definition) is 5. The molecule has 0 saturated carbocycles. The average Bonchev–Trinajstić information content (AvgIpc) is 2.81. The summed E-state index contributed by atoms with van der Waals surface area (Å²) >= 11 is 1.50. The van der Waals surface area contributed by atoms with E-state index in [2.05, 4.69) is 4.98 Å². The van der Waals surface area contributed by atoms with Crippen molar-refractivity contribution in [3.05, 3.63) is 22.2 Å². The molecule has 2 heterocycles. The van der Waals surface area contributed by atoms with E-state index in [1.807, 2.05) is 12.3 Å². The number of ether oxygens (including phenoxy) is 1. The van der Waals surface area contributed by atoms with E-state index >= 15 is 0 Å². The van der Waals surface area contributed by atoms with Crippen molar-refractivity contribution in [1.82, 2.24) is 9.88 Å². The van der Waals surface area contributed by atoms with Crippen LogP contribution < -0.4 is 0 Å². The van der Waals surface area contributed by atoms with Gasteiger partial charge in [-0.3, -0.25) is 4.79 Å². The molecule has 0 radical (unpaired) electrons. The molecule has 1 saturated heterocycles. The number of hydrogen-bond donors (Lipinski definition) is 1. The van der Waals surface area contributed by atoms with Crippen LogP contribution in [-0.2, 0) is 14.3 Å². The van der Waals surface area contributed by atoms with Gasteiger partial charge in [0.25, 0.3) is 0 Å². The highest BCUT2D eigenvalue weighted by molar-refractivity contribution is 7.09. The zero-order valence-corrected chi connectivity index (χ0v) is 11.2. The molecule has 1 N–H and O–H groups in total. The minimum absolute atomic E-state index is 0.0325. The highest BCUT2D eigenvalue weighted by Crippen LogP contribution is 2.11. The predicted octanol–water partition coefficient (Wildman–Crippen LogP) is 0.777. The van der Waals surface area contributed by atoms with Crippen molar-refractivity contribution in [2.45, 2.75) is 13.0 Å². The van der Waals surface area contributed by atoms with Gasteiger partial charge in [0.2, 0.25) is 5.91 Å². The van der Waals surface area contributed by atoms with Crippen LogP contribution in [0.5, 0.6) is 0 Å². The summed E-state index contributed by atoms with van der Waals surface area (Å²) < 4.78 is 5.08. The van der Waals surface area contributed by atoms with E-state index in [0.717, 1.165) is 5.01 Å². The van der Waals surface area contributed by atoms with E-state index < -0.39 is 12.0 Å². The predicted molar refractivity (Wildman–Crippen MR) is 69.8 cm³/mol. The fourth-order valence-corrected chi connectivity index (χ4v) is 2.36. The molecule has 19 heavy (non-hydrogen) atoms. The van der Waals surface area contributed by atoms with Crippen molar-refractivity contribution in [1.29, 1.82) is 0 Å². The van der Waals surface area contributed by atoms with Gasteiger partial charge in [-0.2, -0.15) is 0 Å². The number of thiazole rings is 1. The zero-order chi connectivity index (χ0) is 13.8. The number of rotatable bonds is 3. The maximum absolute atomic E-state index is 12.0. The lowest BCUT2D eigenvalue weighted by molar-refractivity contribution is -0.156. The normalized spacial score (nSPS) is 19.8. The molecule has 0 spiro atoms. The van der Waals surface area contributed by atoms with Gasteiger partial charge in [0.1, 0.15) is 0 Å². The number of carboxylic acid groups (broad SMARTS) is 1. The van der Waals surface area contributed by atoms with Crippen LogP contribution in [0.25, 0.3) is 6.08 Å². The Balaban J connectivity index is 2.05. The summed E-state index contributed by atoms with van der Waals surface area (Å²) in [5, 5.41) is 11.8. The first-order valence-electron chi connectivity index (χ1n) is 5.79. The monoisotopic (exact) mass is 282 g/mol. The quantitative estimate of drug-likeness (QED) is 0.829. The molecule has 1 aromatic heterocycles. The fourth-order valence-electron chi connectivity index (χ4n) is 1.78. The fraction of sp³-hybridized carbons (Fsp3) is 0.417. The van der Waals surface area contributed by atoms with Crippen LogP contribution in [0.2, 0.25) is 0 Å². The van der Waals surface area contributed by atoms with Gasteiger partial charge in [-0.1, -0.05) is 0 Å². The molecular formula is C12H14N2O4S. The summed E-state index contributed by atoms with van der Waals surface area (Å²) in [5.74, 6) is -1.38. The maximum Gasteiger partial charge on any atom is 0.328 e. The second-order valence-electron chi connectivity index (χ2n) is 4.09. The lowest BCUT2D eigenvalue weighted by Gasteiger charge is -2.31. The second kappa shape index (κ2) is 5.94. The standard InChI is InChI=1S/C12H14N2O4S/c1-8-13-9(7-19-8)2-3-11(15)14-4-5-18-6-10(14)12(16)17/h2-3,7,10H,4-6H2,1H3,(H,16,17). The molecular weight excluding hydrogens is 268 g/mol. The third-order valence-corrected chi connectivity index (χ3v) is 3.52. The third-order valence-electron chi connectivity index (χ3n) is 2.73.